The number of aliphatic carboxylic acids is 1. The number of ether oxygens (including phenoxy) is 1. The molecule has 1 atom stereocenters. The van der Waals surface area contributed by atoms with Crippen molar-refractivity contribution in [1.29, 1.82) is 0 Å². The number of urea groups is 1. The number of carboxylic acid groups (broad SMARTS) is 1. The van der Waals surface area contributed by atoms with Crippen LogP contribution in [-0.4, -0.2) is 45.9 Å². The summed E-state index contributed by atoms with van der Waals surface area (Å²) < 4.78 is 5.10. The van der Waals surface area contributed by atoms with Crippen molar-refractivity contribution in [1.82, 2.24) is 9.80 Å². The van der Waals surface area contributed by atoms with Crippen LogP contribution < -0.4 is 5.11 Å². The van der Waals surface area contributed by atoms with E-state index >= 15 is 0 Å². The second-order valence-electron chi connectivity index (χ2n) is 6.48. The van der Waals surface area contributed by atoms with Crippen LogP contribution in [-0.2, 0) is 16.1 Å². The van der Waals surface area contributed by atoms with Gasteiger partial charge in [0.15, 0.2) is 0 Å². The number of rotatable bonds is 4. The molecule has 0 bridgehead atoms. The van der Waals surface area contributed by atoms with Gasteiger partial charge in [0.1, 0.15) is 12.1 Å². The summed E-state index contributed by atoms with van der Waals surface area (Å²) in [6, 6.07) is 15.5. The summed E-state index contributed by atoms with van der Waals surface area (Å²) in [5, 5.41) is 11.7. The summed E-state index contributed by atoms with van der Waals surface area (Å²) >= 11 is 0. The molecule has 1 aliphatic rings. The lowest BCUT2D eigenvalue weighted by Gasteiger charge is -2.31. The van der Waals surface area contributed by atoms with Crippen LogP contribution in [0.15, 0.2) is 60.7 Å². The molecule has 8 heteroatoms. The summed E-state index contributed by atoms with van der Waals surface area (Å²) in [6.07, 6.45) is -1.16. The number of carbonyl (C=O) groups is 4. The molecule has 0 saturated carbocycles. The second-order valence-corrected chi connectivity index (χ2v) is 6.48. The Morgan fingerprint density at radius 3 is 2.18 bits per heavy atom. The first-order valence-electron chi connectivity index (χ1n) is 8.48. The Kier molecular flexibility index (Phi) is 5.12. The molecule has 1 saturated heterocycles. The number of nitrogens with zero attached hydrogens (tertiary/aromatic N) is 2. The number of amides is 4. The van der Waals surface area contributed by atoms with E-state index in [-0.39, 0.29) is 12.2 Å². The molecule has 1 fully saturated rings. The minimum atomic E-state index is -2.05. The van der Waals surface area contributed by atoms with Crippen LogP contribution in [0.2, 0.25) is 0 Å². The maximum Gasteiger partial charge on any atom is 0.419 e. The average Bonchev–Trinajstić information content (AvgIpc) is 2.99. The zero-order valence-corrected chi connectivity index (χ0v) is 15.0. The van der Waals surface area contributed by atoms with Gasteiger partial charge < -0.3 is 14.6 Å². The largest absolute Gasteiger partial charge is 0.547 e. The zero-order valence-electron chi connectivity index (χ0n) is 15.0. The number of hydrogen-bond donors (Lipinski definition) is 0. The third-order valence-corrected chi connectivity index (χ3v) is 4.48. The Morgan fingerprint density at radius 2 is 1.61 bits per heavy atom. The fourth-order valence-electron chi connectivity index (χ4n) is 2.89. The molecular weight excluding hydrogens is 364 g/mol. The van der Waals surface area contributed by atoms with Crippen LogP contribution in [0.4, 0.5) is 9.59 Å². The van der Waals surface area contributed by atoms with Gasteiger partial charge in [-0.15, -0.1) is 0 Å². The van der Waals surface area contributed by atoms with E-state index < -0.39 is 36.1 Å². The van der Waals surface area contributed by atoms with Gasteiger partial charge in [-0.3, -0.25) is 9.69 Å². The van der Waals surface area contributed by atoms with E-state index in [1.165, 1.54) is 12.1 Å². The Balaban J connectivity index is 1.83. The van der Waals surface area contributed by atoms with E-state index in [0.29, 0.717) is 15.4 Å². The van der Waals surface area contributed by atoms with Gasteiger partial charge >= 0.3 is 12.1 Å². The summed E-state index contributed by atoms with van der Waals surface area (Å²) in [4.78, 5) is 50.7. The number of benzene rings is 2. The van der Waals surface area contributed by atoms with Crippen LogP contribution in [0.3, 0.4) is 0 Å². The van der Waals surface area contributed by atoms with E-state index in [2.05, 4.69) is 0 Å². The van der Waals surface area contributed by atoms with E-state index in [1.807, 2.05) is 0 Å². The fraction of sp³-hybridized carbons (Fsp3) is 0.200. The number of carboxylic acids is 1. The summed E-state index contributed by atoms with van der Waals surface area (Å²) in [5.41, 5.74) is -1.19. The Morgan fingerprint density at radius 1 is 1.04 bits per heavy atom. The van der Waals surface area contributed by atoms with Gasteiger partial charge in [-0.25, -0.2) is 14.5 Å². The van der Waals surface area contributed by atoms with Crippen LogP contribution >= 0.6 is 0 Å². The van der Waals surface area contributed by atoms with Crippen molar-refractivity contribution in [3.05, 3.63) is 71.8 Å². The van der Waals surface area contributed by atoms with Crippen molar-refractivity contribution >= 4 is 24.0 Å². The molecule has 1 heterocycles. The maximum absolute atomic E-state index is 12.7. The number of hydrogen-bond acceptors (Lipinski definition) is 6. The molecule has 1 aliphatic heterocycles. The standard InChI is InChI=1S/C20H18N2O6/c1-20(17(24)25)13-21(16(23)15-10-6-3-7-11-15)18(26)22(20)19(27)28-12-14-8-4-2-5-9-14/h2-11H,12-13H2,1H3,(H,24,25)/p-1/t20-/m0/s1. The molecular formula is C20H17N2O6-. The SMILES string of the molecule is C[C@@]1(C(=O)[O-])CN(C(=O)c2ccccc2)C(=O)N1C(=O)OCc1ccccc1. The lowest BCUT2D eigenvalue weighted by molar-refractivity contribution is -0.315. The van der Waals surface area contributed by atoms with E-state index in [0.717, 1.165) is 6.92 Å². The maximum atomic E-state index is 12.7. The third-order valence-electron chi connectivity index (χ3n) is 4.48. The van der Waals surface area contributed by atoms with Crippen molar-refractivity contribution in [3.8, 4) is 0 Å². The highest BCUT2D eigenvalue weighted by Crippen LogP contribution is 2.29. The molecule has 2 aromatic rings. The molecule has 0 N–H and O–H groups in total. The lowest BCUT2D eigenvalue weighted by Crippen LogP contribution is -2.59. The molecule has 0 spiro atoms. The monoisotopic (exact) mass is 381 g/mol. The van der Waals surface area contributed by atoms with Gasteiger partial charge in [-0.1, -0.05) is 48.5 Å². The summed E-state index contributed by atoms with van der Waals surface area (Å²) in [7, 11) is 0. The highest BCUT2D eigenvalue weighted by Gasteiger charge is 2.54. The Labute approximate surface area is 160 Å². The molecule has 4 amide bonds. The van der Waals surface area contributed by atoms with Crippen LogP contribution in [0.5, 0.6) is 0 Å². The van der Waals surface area contributed by atoms with Gasteiger partial charge in [0.2, 0.25) is 0 Å². The van der Waals surface area contributed by atoms with Crippen molar-refractivity contribution in [2.45, 2.75) is 19.1 Å². The molecule has 144 valence electrons. The molecule has 0 radical (unpaired) electrons. The van der Waals surface area contributed by atoms with Crippen molar-refractivity contribution in [2.24, 2.45) is 0 Å². The van der Waals surface area contributed by atoms with Gasteiger partial charge in [-0.2, -0.15) is 0 Å². The lowest BCUT2D eigenvalue weighted by atomic mass is 10.0. The second kappa shape index (κ2) is 7.51. The first-order valence-corrected chi connectivity index (χ1v) is 8.48. The highest BCUT2D eigenvalue weighted by molar-refractivity contribution is 6.11. The molecule has 8 nitrogen and oxygen atoms in total. The molecule has 2 aromatic carbocycles. The first-order chi connectivity index (χ1) is 13.3. The fourth-order valence-corrected chi connectivity index (χ4v) is 2.89. The Bertz CT molecular complexity index is 915. The predicted molar refractivity (Wildman–Crippen MR) is 94.8 cm³/mol. The van der Waals surface area contributed by atoms with Gasteiger partial charge in [0, 0.05) is 5.56 Å². The van der Waals surface area contributed by atoms with Gasteiger partial charge in [-0.05, 0) is 24.6 Å². The van der Waals surface area contributed by atoms with Crippen LogP contribution in [0.25, 0.3) is 0 Å². The van der Waals surface area contributed by atoms with Crippen molar-refractivity contribution in [3.63, 3.8) is 0 Å². The smallest absolute Gasteiger partial charge is 0.419 e. The highest BCUT2D eigenvalue weighted by atomic mass is 16.6. The van der Waals surface area contributed by atoms with Gasteiger partial charge in [0.25, 0.3) is 5.91 Å². The molecule has 0 aromatic heterocycles. The zero-order chi connectivity index (χ0) is 20.3. The predicted octanol–water partition coefficient (Wildman–Crippen LogP) is 1.41. The summed E-state index contributed by atoms with van der Waals surface area (Å²) in [6.45, 7) is 0.448. The number of imide groups is 2. The van der Waals surface area contributed by atoms with E-state index in [9.17, 15) is 24.3 Å². The molecule has 28 heavy (non-hydrogen) atoms. The van der Waals surface area contributed by atoms with Crippen LogP contribution in [0.1, 0.15) is 22.8 Å². The molecule has 0 unspecified atom stereocenters. The minimum absolute atomic E-state index is 0.154. The topological polar surface area (TPSA) is 107 Å². The average molecular weight is 381 g/mol. The van der Waals surface area contributed by atoms with Crippen LogP contribution in [0, 0.1) is 0 Å². The third kappa shape index (κ3) is 3.44. The minimum Gasteiger partial charge on any atom is -0.547 e. The Hall–Kier alpha value is -3.68. The molecule has 3 rings (SSSR count). The number of carbonyl (C=O) groups excluding carboxylic acids is 4. The van der Waals surface area contributed by atoms with E-state index in [1.54, 1.807) is 48.5 Å². The van der Waals surface area contributed by atoms with E-state index in [4.69, 9.17) is 4.74 Å². The quantitative estimate of drug-likeness (QED) is 0.793. The normalized spacial score (nSPS) is 18.8. The van der Waals surface area contributed by atoms with Crippen molar-refractivity contribution < 1.29 is 29.0 Å². The molecule has 0 aliphatic carbocycles. The summed E-state index contributed by atoms with van der Waals surface area (Å²) in [5.74, 6) is -2.38. The van der Waals surface area contributed by atoms with Gasteiger partial charge in [0.05, 0.1) is 12.5 Å². The van der Waals surface area contributed by atoms with Crippen molar-refractivity contribution in [2.75, 3.05) is 6.54 Å². The first kappa shape index (κ1) is 19.1.